The van der Waals surface area contributed by atoms with Crippen molar-refractivity contribution in [1.29, 1.82) is 0 Å². The first-order valence-electron chi connectivity index (χ1n) is 3.87. The monoisotopic (exact) mass is 214 g/mol. The van der Waals surface area contributed by atoms with Crippen LogP contribution in [-0.2, 0) is 10.1 Å². The van der Waals surface area contributed by atoms with Crippen molar-refractivity contribution in [3.63, 3.8) is 0 Å². The predicted molar refractivity (Wildman–Crippen MR) is 58.6 cm³/mol. The van der Waals surface area contributed by atoms with Gasteiger partial charge in [-0.3, -0.25) is 4.55 Å². The summed E-state index contributed by atoms with van der Waals surface area (Å²) in [5, 5.41) is -1.21. The summed E-state index contributed by atoms with van der Waals surface area (Å²) in [5.74, 6) is 0. The van der Waals surface area contributed by atoms with Crippen LogP contribution < -0.4 is 0 Å². The van der Waals surface area contributed by atoms with Gasteiger partial charge in [-0.1, -0.05) is 24.3 Å². The minimum absolute atomic E-state index is 1.09. The van der Waals surface area contributed by atoms with Crippen LogP contribution in [0.3, 0.4) is 0 Å². The molecule has 1 atom stereocenters. The molecule has 0 rings (SSSR count). The van der Waals surface area contributed by atoms with Crippen LogP contribution in [0.4, 0.5) is 0 Å². The minimum Gasteiger partial charge on any atom is -0.285 e. The van der Waals surface area contributed by atoms with E-state index in [0.29, 0.717) is 0 Å². The zero-order valence-electron chi connectivity index (χ0n) is 7.89. The van der Waals surface area contributed by atoms with Crippen LogP contribution in [0.5, 0.6) is 0 Å². The van der Waals surface area contributed by atoms with Gasteiger partial charge in [0.15, 0.2) is 0 Å². The van der Waals surface area contributed by atoms with Gasteiger partial charge in [0.05, 0.1) is 0 Å². The molecule has 0 radical (unpaired) electrons. The lowest BCUT2D eigenvalue weighted by Crippen LogP contribution is -2.34. The van der Waals surface area contributed by atoms with Gasteiger partial charge in [-0.15, -0.1) is 26.3 Å². The maximum Gasteiger partial charge on any atom is 0.272 e. The molecule has 14 heavy (non-hydrogen) atoms. The summed E-state index contributed by atoms with van der Waals surface area (Å²) in [4.78, 5) is 0. The molecule has 0 aromatic heterocycles. The Morgan fingerprint density at radius 1 is 1.07 bits per heavy atom. The Bertz CT molecular complexity index is 330. The van der Waals surface area contributed by atoms with Crippen LogP contribution in [0.2, 0.25) is 0 Å². The van der Waals surface area contributed by atoms with Crippen molar-refractivity contribution < 1.29 is 13.0 Å². The molecule has 0 aliphatic rings. The lowest BCUT2D eigenvalue weighted by molar-refractivity contribution is 0.455. The van der Waals surface area contributed by atoms with Gasteiger partial charge in [-0.25, -0.2) is 0 Å². The topological polar surface area (TPSA) is 54.4 Å². The van der Waals surface area contributed by atoms with Gasteiger partial charge in [0.1, 0.15) is 5.25 Å². The van der Waals surface area contributed by atoms with E-state index in [-0.39, 0.29) is 0 Å². The van der Waals surface area contributed by atoms with Gasteiger partial charge in [0.2, 0.25) is 0 Å². The summed E-state index contributed by atoms with van der Waals surface area (Å²) in [6.07, 6.45) is 5.19. The summed E-state index contributed by atoms with van der Waals surface area (Å²) in [6, 6.07) is 0. The first-order chi connectivity index (χ1) is 6.37. The third-order valence-electron chi connectivity index (χ3n) is 2.09. The minimum atomic E-state index is -4.24. The van der Waals surface area contributed by atoms with Crippen molar-refractivity contribution in [2.75, 3.05) is 0 Å². The number of hydrogen-bond acceptors (Lipinski definition) is 2. The molecule has 0 fully saturated rings. The van der Waals surface area contributed by atoms with Crippen LogP contribution in [0.25, 0.3) is 0 Å². The fraction of sp³-hybridized carbons (Fsp3) is 0.200. The van der Waals surface area contributed by atoms with E-state index >= 15 is 0 Å². The Labute approximate surface area is 84.9 Å². The Morgan fingerprint density at radius 3 is 1.50 bits per heavy atom. The molecule has 78 valence electrons. The normalized spacial score (nSPS) is 14.1. The van der Waals surface area contributed by atoms with Crippen molar-refractivity contribution >= 4 is 10.1 Å². The third-order valence-corrected chi connectivity index (χ3v) is 3.33. The molecule has 4 heteroatoms. The van der Waals surface area contributed by atoms with E-state index in [4.69, 9.17) is 4.55 Å². The van der Waals surface area contributed by atoms with E-state index in [0.717, 1.165) is 6.08 Å². The molecule has 0 aliphatic heterocycles. The lowest BCUT2D eigenvalue weighted by atomic mass is 9.84. The average molecular weight is 214 g/mol. The Hall–Kier alpha value is -1.13. The van der Waals surface area contributed by atoms with Crippen LogP contribution in [0.15, 0.2) is 50.6 Å². The van der Waals surface area contributed by atoms with Crippen LogP contribution in [0.1, 0.15) is 0 Å². The number of rotatable bonds is 6. The lowest BCUT2D eigenvalue weighted by Gasteiger charge is -2.27. The fourth-order valence-electron chi connectivity index (χ4n) is 1.18. The Morgan fingerprint density at radius 2 is 1.43 bits per heavy atom. The third kappa shape index (κ3) is 2.21. The van der Waals surface area contributed by atoms with Crippen molar-refractivity contribution in [3.05, 3.63) is 50.6 Å². The maximum absolute atomic E-state index is 11.0. The van der Waals surface area contributed by atoms with Crippen molar-refractivity contribution in [3.8, 4) is 0 Å². The van der Waals surface area contributed by atoms with E-state index in [1.165, 1.54) is 18.2 Å². The molecule has 1 N–H and O–H groups in total. The van der Waals surface area contributed by atoms with Crippen LogP contribution in [0, 0.1) is 5.41 Å². The average Bonchev–Trinajstić information content (AvgIpc) is 2.12. The summed E-state index contributed by atoms with van der Waals surface area (Å²) in [6.45, 7) is 13.8. The highest BCUT2D eigenvalue weighted by Crippen LogP contribution is 2.31. The SMILES string of the molecule is C=CC(C(C=C)(C=C)C=C)S(=O)(=O)O. The molecule has 0 saturated carbocycles. The molecule has 0 saturated heterocycles. The van der Waals surface area contributed by atoms with Crippen molar-refractivity contribution in [1.82, 2.24) is 0 Å². The van der Waals surface area contributed by atoms with Crippen LogP contribution >= 0.6 is 0 Å². The van der Waals surface area contributed by atoms with Crippen molar-refractivity contribution in [2.45, 2.75) is 5.25 Å². The molecule has 0 spiro atoms. The van der Waals surface area contributed by atoms with E-state index < -0.39 is 20.8 Å². The quantitative estimate of drug-likeness (QED) is 0.543. The number of allylic oxidation sites excluding steroid dienone is 3. The summed E-state index contributed by atoms with van der Waals surface area (Å²) >= 11 is 0. The predicted octanol–water partition coefficient (Wildman–Crippen LogP) is 1.97. The Kier molecular flexibility index (Phi) is 4.04. The largest absolute Gasteiger partial charge is 0.285 e. The van der Waals surface area contributed by atoms with Gasteiger partial charge in [-0.05, 0) is 0 Å². The molecule has 0 aromatic carbocycles. The van der Waals surface area contributed by atoms with Gasteiger partial charge >= 0.3 is 0 Å². The zero-order valence-corrected chi connectivity index (χ0v) is 8.70. The van der Waals surface area contributed by atoms with Gasteiger partial charge in [0, 0.05) is 5.41 Å². The molecule has 0 amide bonds. The maximum atomic E-state index is 11.0. The highest BCUT2D eigenvalue weighted by atomic mass is 32.2. The highest BCUT2D eigenvalue weighted by molar-refractivity contribution is 7.86. The van der Waals surface area contributed by atoms with E-state index in [9.17, 15) is 8.42 Å². The molecule has 0 aliphatic carbocycles. The molecule has 0 aromatic rings. The first-order valence-corrected chi connectivity index (χ1v) is 5.38. The summed E-state index contributed by atoms with van der Waals surface area (Å²) in [7, 11) is -4.24. The van der Waals surface area contributed by atoms with Gasteiger partial charge in [-0.2, -0.15) is 8.42 Å². The standard InChI is InChI=1S/C10H14O3S/c1-5-9(14(11,12)13)10(6-2,7-3)8-4/h5-9H,1-4H2,(H,11,12,13). The van der Waals surface area contributed by atoms with Crippen molar-refractivity contribution in [2.24, 2.45) is 5.41 Å². The molecule has 3 nitrogen and oxygen atoms in total. The zero-order chi connectivity index (χ0) is 11.4. The second-order valence-electron chi connectivity index (χ2n) is 2.78. The molecular formula is C10H14O3S. The van der Waals surface area contributed by atoms with Gasteiger partial charge < -0.3 is 0 Å². The Balaban J connectivity index is 5.60. The summed E-state index contributed by atoms with van der Waals surface area (Å²) in [5.41, 5.74) is -1.09. The van der Waals surface area contributed by atoms with E-state index in [1.807, 2.05) is 0 Å². The highest BCUT2D eigenvalue weighted by Gasteiger charge is 2.37. The summed E-state index contributed by atoms with van der Waals surface area (Å²) < 4.78 is 31.0. The number of hydrogen-bond donors (Lipinski definition) is 1. The van der Waals surface area contributed by atoms with E-state index in [2.05, 4.69) is 26.3 Å². The second kappa shape index (κ2) is 4.39. The molecular weight excluding hydrogens is 200 g/mol. The van der Waals surface area contributed by atoms with E-state index in [1.54, 1.807) is 0 Å². The second-order valence-corrected chi connectivity index (χ2v) is 4.32. The molecule has 1 unspecified atom stereocenters. The smallest absolute Gasteiger partial charge is 0.272 e. The molecule has 0 heterocycles. The van der Waals surface area contributed by atoms with Gasteiger partial charge in [0.25, 0.3) is 10.1 Å². The molecule has 0 bridgehead atoms. The first kappa shape index (κ1) is 12.9. The fourth-order valence-corrected chi connectivity index (χ4v) is 2.23. The van der Waals surface area contributed by atoms with Crippen LogP contribution in [-0.4, -0.2) is 18.2 Å².